The van der Waals surface area contributed by atoms with Crippen molar-refractivity contribution in [3.05, 3.63) is 87.9 Å². The first-order valence-electron chi connectivity index (χ1n) is 11.2. The molecule has 0 radical (unpaired) electrons. The zero-order valence-corrected chi connectivity index (χ0v) is 22.2. The first-order chi connectivity index (χ1) is 17.1. The summed E-state index contributed by atoms with van der Waals surface area (Å²) >= 11 is 12.1. The standard InChI is InChI=1S/C26H26Cl2N2O5S/c1-3-4-15-35-26(32)19-7-9-20(10-8-19)29-25(31)17-30(21-11-14-23(27)24(28)16-21)36(33,34)22-12-5-18(2)6-13-22/h5-14,16H,3-4,15,17H2,1-2H3,(H,29,31). The van der Waals surface area contributed by atoms with Gasteiger partial charge in [0.05, 0.1) is 32.8 Å². The van der Waals surface area contributed by atoms with Crippen molar-refractivity contribution in [3.8, 4) is 0 Å². The Labute approximate surface area is 221 Å². The number of benzene rings is 3. The Kier molecular flexibility index (Phi) is 9.37. The molecule has 0 aliphatic heterocycles. The SMILES string of the molecule is CCCCOC(=O)c1ccc(NC(=O)CN(c2ccc(Cl)c(Cl)c2)S(=O)(=O)c2ccc(C)cc2)cc1. The van der Waals surface area contributed by atoms with Crippen LogP contribution in [0.2, 0.25) is 10.0 Å². The smallest absolute Gasteiger partial charge is 0.338 e. The highest BCUT2D eigenvalue weighted by Crippen LogP contribution is 2.30. The predicted octanol–water partition coefficient (Wildman–Crippen LogP) is 6.09. The first kappa shape index (κ1) is 27.5. The van der Waals surface area contributed by atoms with Gasteiger partial charge in [-0.15, -0.1) is 0 Å². The second-order valence-corrected chi connectivity index (χ2v) is 10.7. The molecular formula is C26H26Cl2N2O5S. The van der Waals surface area contributed by atoms with Gasteiger partial charge in [0.15, 0.2) is 0 Å². The average molecular weight is 549 g/mol. The summed E-state index contributed by atoms with van der Waals surface area (Å²) in [6, 6.07) is 16.8. The van der Waals surface area contributed by atoms with Crippen molar-refractivity contribution >= 4 is 56.5 Å². The molecule has 0 aliphatic rings. The monoisotopic (exact) mass is 548 g/mol. The van der Waals surface area contributed by atoms with Gasteiger partial charge in [-0.2, -0.15) is 0 Å². The molecule has 0 aromatic heterocycles. The minimum Gasteiger partial charge on any atom is -0.462 e. The molecule has 190 valence electrons. The Bertz CT molecular complexity index is 1330. The molecule has 10 heteroatoms. The van der Waals surface area contributed by atoms with Crippen molar-refractivity contribution in [2.45, 2.75) is 31.6 Å². The number of sulfonamides is 1. The fourth-order valence-electron chi connectivity index (χ4n) is 3.21. The van der Waals surface area contributed by atoms with Crippen molar-refractivity contribution in [1.82, 2.24) is 0 Å². The van der Waals surface area contributed by atoms with Crippen LogP contribution in [0.25, 0.3) is 0 Å². The number of unbranched alkanes of at least 4 members (excludes halogenated alkanes) is 1. The van der Waals surface area contributed by atoms with Crippen LogP contribution in [0.4, 0.5) is 11.4 Å². The average Bonchev–Trinajstić information content (AvgIpc) is 2.85. The van der Waals surface area contributed by atoms with E-state index in [0.29, 0.717) is 17.9 Å². The topological polar surface area (TPSA) is 92.8 Å². The van der Waals surface area contributed by atoms with Gasteiger partial charge in [0, 0.05) is 5.69 Å². The van der Waals surface area contributed by atoms with Crippen LogP contribution in [0.15, 0.2) is 71.6 Å². The molecule has 36 heavy (non-hydrogen) atoms. The number of nitrogens with one attached hydrogen (secondary N) is 1. The lowest BCUT2D eigenvalue weighted by Gasteiger charge is -2.24. The van der Waals surface area contributed by atoms with E-state index in [0.717, 1.165) is 22.7 Å². The summed E-state index contributed by atoms with van der Waals surface area (Å²) in [6.45, 7) is 3.67. The Morgan fingerprint density at radius 3 is 2.22 bits per heavy atom. The predicted molar refractivity (Wildman–Crippen MR) is 142 cm³/mol. The zero-order valence-electron chi connectivity index (χ0n) is 19.8. The molecule has 0 spiro atoms. The highest BCUT2D eigenvalue weighted by Gasteiger charge is 2.28. The summed E-state index contributed by atoms with van der Waals surface area (Å²) in [4.78, 5) is 25.0. The fraction of sp³-hybridized carbons (Fsp3) is 0.231. The van der Waals surface area contributed by atoms with Gasteiger partial charge in [0.1, 0.15) is 6.54 Å². The molecule has 0 aliphatic carbocycles. The molecule has 0 heterocycles. The first-order valence-corrected chi connectivity index (χ1v) is 13.4. The van der Waals surface area contributed by atoms with Gasteiger partial charge in [0.2, 0.25) is 5.91 Å². The number of halogens is 2. The van der Waals surface area contributed by atoms with E-state index in [4.69, 9.17) is 27.9 Å². The van der Waals surface area contributed by atoms with Crippen LogP contribution in [0.3, 0.4) is 0 Å². The van der Waals surface area contributed by atoms with Crippen LogP contribution >= 0.6 is 23.2 Å². The number of carbonyl (C=O) groups is 2. The fourth-order valence-corrected chi connectivity index (χ4v) is 4.91. The van der Waals surface area contributed by atoms with E-state index >= 15 is 0 Å². The van der Waals surface area contributed by atoms with Crippen LogP contribution in [0.1, 0.15) is 35.7 Å². The molecule has 1 amide bonds. The maximum absolute atomic E-state index is 13.5. The van der Waals surface area contributed by atoms with Crippen LogP contribution in [0, 0.1) is 6.92 Å². The lowest BCUT2D eigenvalue weighted by atomic mass is 10.2. The summed E-state index contributed by atoms with van der Waals surface area (Å²) in [7, 11) is -4.11. The van der Waals surface area contributed by atoms with Crippen LogP contribution in [-0.2, 0) is 19.6 Å². The number of ether oxygens (including phenoxy) is 1. The molecule has 3 rings (SSSR count). The third-order valence-electron chi connectivity index (χ3n) is 5.22. The summed E-state index contributed by atoms with van der Waals surface area (Å²) < 4.78 is 33.1. The van der Waals surface area contributed by atoms with Crippen LogP contribution in [0.5, 0.6) is 0 Å². The van der Waals surface area contributed by atoms with E-state index in [2.05, 4.69) is 5.32 Å². The second kappa shape index (κ2) is 12.3. The molecular weight excluding hydrogens is 523 g/mol. The van der Waals surface area contributed by atoms with Gasteiger partial charge in [0.25, 0.3) is 10.0 Å². The van der Waals surface area contributed by atoms with Crippen molar-refractivity contribution in [1.29, 1.82) is 0 Å². The van der Waals surface area contributed by atoms with E-state index in [1.54, 1.807) is 24.3 Å². The number of anilines is 2. The third kappa shape index (κ3) is 7.00. The van der Waals surface area contributed by atoms with Crippen molar-refractivity contribution < 1.29 is 22.7 Å². The van der Waals surface area contributed by atoms with Crippen LogP contribution in [-0.4, -0.2) is 33.4 Å². The van der Waals surface area contributed by atoms with Gasteiger partial charge >= 0.3 is 5.97 Å². The number of amides is 1. The molecule has 0 fully saturated rings. The van der Waals surface area contributed by atoms with Crippen molar-refractivity contribution in [2.24, 2.45) is 0 Å². The normalized spacial score (nSPS) is 11.1. The molecule has 7 nitrogen and oxygen atoms in total. The maximum atomic E-state index is 13.5. The summed E-state index contributed by atoms with van der Waals surface area (Å²) in [5.74, 6) is -1.04. The number of aryl methyl sites for hydroxylation is 1. The molecule has 3 aromatic carbocycles. The van der Waals surface area contributed by atoms with Gasteiger partial charge in [-0.1, -0.05) is 54.2 Å². The number of hydrogen-bond acceptors (Lipinski definition) is 5. The number of hydrogen-bond donors (Lipinski definition) is 1. The lowest BCUT2D eigenvalue weighted by molar-refractivity contribution is -0.114. The minimum atomic E-state index is -4.11. The quantitative estimate of drug-likeness (QED) is 0.244. The molecule has 3 aromatic rings. The molecule has 1 N–H and O–H groups in total. The van der Waals surface area contributed by atoms with Gasteiger partial charge in [-0.3, -0.25) is 9.10 Å². The highest BCUT2D eigenvalue weighted by atomic mass is 35.5. The number of carbonyl (C=O) groups excluding carboxylic acids is 2. The summed E-state index contributed by atoms with van der Waals surface area (Å²) in [5.41, 5.74) is 1.83. The van der Waals surface area contributed by atoms with E-state index in [9.17, 15) is 18.0 Å². The summed E-state index contributed by atoms with van der Waals surface area (Å²) in [6.07, 6.45) is 1.69. The Morgan fingerprint density at radius 2 is 1.61 bits per heavy atom. The molecule has 0 saturated carbocycles. The zero-order chi connectivity index (χ0) is 26.3. The number of nitrogens with zero attached hydrogens (tertiary/aromatic N) is 1. The van der Waals surface area contributed by atoms with Crippen molar-refractivity contribution in [2.75, 3.05) is 22.8 Å². The minimum absolute atomic E-state index is 0.0258. The van der Waals surface area contributed by atoms with Gasteiger partial charge < -0.3 is 10.1 Å². The molecule has 0 unspecified atom stereocenters. The lowest BCUT2D eigenvalue weighted by Crippen LogP contribution is -2.38. The maximum Gasteiger partial charge on any atom is 0.338 e. The van der Waals surface area contributed by atoms with E-state index < -0.39 is 28.4 Å². The van der Waals surface area contributed by atoms with Gasteiger partial charge in [-0.25, -0.2) is 13.2 Å². The van der Waals surface area contributed by atoms with E-state index in [1.807, 2.05) is 13.8 Å². The second-order valence-electron chi connectivity index (χ2n) is 8.04. The van der Waals surface area contributed by atoms with Gasteiger partial charge in [-0.05, 0) is 67.9 Å². The van der Waals surface area contributed by atoms with Crippen LogP contribution < -0.4 is 9.62 Å². The number of rotatable bonds is 10. The van der Waals surface area contributed by atoms with Crippen molar-refractivity contribution in [3.63, 3.8) is 0 Å². The highest BCUT2D eigenvalue weighted by molar-refractivity contribution is 7.92. The Hall–Kier alpha value is -3.07. The van der Waals surface area contributed by atoms with E-state index in [-0.39, 0.29) is 20.6 Å². The third-order valence-corrected chi connectivity index (χ3v) is 7.75. The molecule has 0 bridgehead atoms. The number of esters is 1. The molecule has 0 saturated heterocycles. The largest absolute Gasteiger partial charge is 0.462 e. The Morgan fingerprint density at radius 1 is 0.944 bits per heavy atom. The molecule has 0 atom stereocenters. The Balaban J connectivity index is 1.81. The summed E-state index contributed by atoms with van der Waals surface area (Å²) in [5, 5.41) is 3.07. The van der Waals surface area contributed by atoms with E-state index in [1.165, 1.54) is 42.5 Å².